The SMILES string of the molecule is Cc1cccc(O[Si](C)(C)C(C)(C)C)c1S(=O)(=O)OCCCOCC(CO[Si](C)(C)C(C)(C)C)C(c1ccccc1)S(=O)(=O)O. The van der Waals surface area contributed by atoms with Crippen LogP contribution in [-0.4, -0.2) is 64.5 Å². The van der Waals surface area contributed by atoms with Crippen LogP contribution < -0.4 is 4.43 Å². The molecule has 9 nitrogen and oxygen atoms in total. The fraction of sp³-hybridized carbons (Fsp3) is 0.625. The highest BCUT2D eigenvalue weighted by Gasteiger charge is 2.42. The van der Waals surface area contributed by atoms with Crippen molar-refractivity contribution in [2.24, 2.45) is 5.92 Å². The lowest BCUT2D eigenvalue weighted by atomic mass is 10.00. The monoisotopic (exact) mass is 702 g/mol. The van der Waals surface area contributed by atoms with Crippen molar-refractivity contribution >= 4 is 36.9 Å². The van der Waals surface area contributed by atoms with Crippen LogP contribution in [0.15, 0.2) is 53.4 Å². The van der Waals surface area contributed by atoms with Crippen LogP contribution in [0.2, 0.25) is 36.3 Å². The maximum Gasteiger partial charge on any atom is 0.300 e. The van der Waals surface area contributed by atoms with Crippen molar-refractivity contribution in [3.63, 3.8) is 0 Å². The molecule has 2 aromatic rings. The van der Waals surface area contributed by atoms with Gasteiger partial charge in [-0.25, -0.2) is 0 Å². The molecule has 45 heavy (non-hydrogen) atoms. The van der Waals surface area contributed by atoms with Crippen molar-refractivity contribution in [1.82, 2.24) is 0 Å². The van der Waals surface area contributed by atoms with Crippen molar-refractivity contribution in [3.8, 4) is 5.75 Å². The highest BCUT2D eigenvalue weighted by atomic mass is 32.2. The van der Waals surface area contributed by atoms with E-state index in [9.17, 15) is 21.4 Å². The van der Waals surface area contributed by atoms with Gasteiger partial charge in [-0.3, -0.25) is 8.74 Å². The molecule has 2 rings (SSSR count). The molecule has 0 aromatic heterocycles. The average Bonchev–Trinajstić information content (AvgIpc) is 2.87. The molecular formula is C32H54O9S2Si2. The number of hydrogen-bond acceptors (Lipinski definition) is 8. The molecule has 0 saturated carbocycles. The van der Waals surface area contributed by atoms with Crippen LogP contribution in [0.3, 0.4) is 0 Å². The van der Waals surface area contributed by atoms with Crippen molar-refractivity contribution in [2.45, 2.75) is 101 Å². The molecule has 2 unspecified atom stereocenters. The highest BCUT2D eigenvalue weighted by molar-refractivity contribution is 7.87. The Balaban J connectivity index is 2.14. The molecule has 0 saturated heterocycles. The van der Waals surface area contributed by atoms with E-state index in [1.165, 1.54) is 0 Å². The van der Waals surface area contributed by atoms with Gasteiger partial charge in [0, 0.05) is 19.1 Å². The topological polar surface area (TPSA) is 125 Å². The first-order chi connectivity index (χ1) is 20.4. The van der Waals surface area contributed by atoms with Crippen molar-refractivity contribution in [1.29, 1.82) is 0 Å². The summed E-state index contributed by atoms with van der Waals surface area (Å²) in [6.07, 6.45) is 0.237. The third-order valence-electron chi connectivity index (χ3n) is 8.94. The average molecular weight is 703 g/mol. The van der Waals surface area contributed by atoms with E-state index in [-0.39, 0.29) is 47.8 Å². The number of benzene rings is 2. The van der Waals surface area contributed by atoms with Gasteiger partial charge in [0.15, 0.2) is 8.32 Å². The van der Waals surface area contributed by atoms with Gasteiger partial charge in [0.2, 0.25) is 0 Å². The van der Waals surface area contributed by atoms with E-state index < -0.39 is 48.0 Å². The summed E-state index contributed by atoms with van der Waals surface area (Å²) < 4.78 is 86.2. The summed E-state index contributed by atoms with van der Waals surface area (Å²) in [5.41, 5.74) is 0.972. The fourth-order valence-corrected chi connectivity index (χ4v) is 8.74. The predicted molar refractivity (Wildman–Crippen MR) is 185 cm³/mol. The third kappa shape index (κ3) is 11.0. The van der Waals surface area contributed by atoms with Crippen LogP contribution in [-0.2, 0) is 33.6 Å². The molecule has 0 aliphatic carbocycles. The molecule has 2 aromatic carbocycles. The summed E-state index contributed by atoms with van der Waals surface area (Å²) in [7, 11) is -13.2. The van der Waals surface area contributed by atoms with E-state index >= 15 is 0 Å². The number of rotatable bonds is 16. The standard InChI is InChI=1S/C32H54O9S2Si2/c1-25-17-15-20-28(41-45(10,11)32(5,6)7)29(25)43(36,37)39-22-16-21-38-23-27(24-40-44(8,9)31(2,3)4)30(42(33,34)35)26-18-13-12-14-19-26/h12-15,17-20,27,30H,16,21-24H2,1-11H3,(H,33,34,35). The first-order valence-electron chi connectivity index (χ1n) is 15.3. The summed E-state index contributed by atoms with van der Waals surface area (Å²) in [4.78, 5) is 0.0254. The van der Waals surface area contributed by atoms with Crippen LogP contribution in [0, 0.1) is 12.8 Å². The lowest BCUT2D eigenvalue weighted by Crippen LogP contribution is -2.44. The van der Waals surface area contributed by atoms with Gasteiger partial charge in [0.1, 0.15) is 15.9 Å². The molecule has 0 heterocycles. The van der Waals surface area contributed by atoms with Gasteiger partial charge in [-0.2, -0.15) is 16.8 Å². The maximum atomic E-state index is 13.3. The minimum atomic E-state index is -4.51. The van der Waals surface area contributed by atoms with Gasteiger partial charge in [0.25, 0.3) is 18.4 Å². The van der Waals surface area contributed by atoms with Gasteiger partial charge in [-0.1, -0.05) is 84.0 Å². The Morgan fingerprint density at radius 1 is 0.778 bits per heavy atom. The minimum Gasteiger partial charge on any atom is -0.543 e. The highest BCUT2D eigenvalue weighted by Crippen LogP contribution is 2.41. The lowest BCUT2D eigenvalue weighted by Gasteiger charge is -2.38. The number of ether oxygens (including phenoxy) is 1. The van der Waals surface area contributed by atoms with Crippen LogP contribution in [0.4, 0.5) is 0 Å². The Hall–Kier alpha value is -1.59. The Kier molecular flexibility index (Phi) is 13.3. The molecule has 0 amide bonds. The quantitative estimate of drug-likeness (QED) is 0.0809. The van der Waals surface area contributed by atoms with E-state index in [0.717, 1.165) is 0 Å². The molecule has 0 aliphatic rings. The first-order valence-corrected chi connectivity index (χ1v) is 24.0. The Labute approximate surface area is 274 Å². The van der Waals surface area contributed by atoms with Gasteiger partial charge in [-0.05, 0) is 66.8 Å². The molecule has 256 valence electrons. The fourth-order valence-electron chi connectivity index (χ4n) is 4.16. The molecule has 1 N–H and O–H groups in total. The summed E-state index contributed by atoms with van der Waals surface area (Å²) in [5.74, 6) is -0.414. The summed E-state index contributed by atoms with van der Waals surface area (Å²) in [6, 6.07) is 13.7. The third-order valence-corrected chi connectivity index (χ3v) is 20.6. The first kappa shape index (κ1) is 39.6. The van der Waals surface area contributed by atoms with Gasteiger partial charge < -0.3 is 13.6 Å². The van der Waals surface area contributed by atoms with Crippen molar-refractivity contribution in [3.05, 3.63) is 59.7 Å². The molecule has 0 bridgehead atoms. The molecule has 0 fully saturated rings. The van der Waals surface area contributed by atoms with Crippen LogP contribution in [0.25, 0.3) is 0 Å². The molecule has 0 radical (unpaired) electrons. The largest absolute Gasteiger partial charge is 0.543 e. The second-order valence-corrected chi connectivity index (χ2v) is 27.3. The zero-order valence-electron chi connectivity index (χ0n) is 28.8. The predicted octanol–water partition coefficient (Wildman–Crippen LogP) is 7.76. The smallest absolute Gasteiger partial charge is 0.300 e. The van der Waals surface area contributed by atoms with Crippen molar-refractivity contribution < 1.29 is 39.2 Å². The van der Waals surface area contributed by atoms with E-state index in [1.54, 1.807) is 55.5 Å². The van der Waals surface area contributed by atoms with Crippen LogP contribution in [0.5, 0.6) is 5.75 Å². The molecule has 13 heteroatoms. The Morgan fingerprint density at radius 3 is 1.89 bits per heavy atom. The zero-order valence-corrected chi connectivity index (χ0v) is 32.5. The van der Waals surface area contributed by atoms with Crippen molar-refractivity contribution in [2.75, 3.05) is 26.4 Å². The van der Waals surface area contributed by atoms with E-state index in [1.807, 2.05) is 0 Å². The van der Waals surface area contributed by atoms with Crippen LogP contribution in [0.1, 0.15) is 64.3 Å². The van der Waals surface area contributed by atoms with E-state index in [0.29, 0.717) is 16.9 Å². The molecule has 2 atom stereocenters. The minimum absolute atomic E-state index is 0.0248. The second kappa shape index (κ2) is 15.1. The molecule has 0 spiro atoms. The summed E-state index contributed by atoms with van der Waals surface area (Å²) >= 11 is 0. The molecular weight excluding hydrogens is 649 g/mol. The van der Waals surface area contributed by atoms with E-state index in [4.69, 9.17) is 17.8 Å². The lowest BCUT2D eigenvalue weighted by molar-refractivity contribution is 0.0654. The molecule has 0 aliphatic heterocycles. The van der Waals surface area contributed by atoms with Gasteiger partial charge >= 0.3 is 10.1 Å². The van der Waals surface area contributed by atoms with Gasteiger partial charge in [0.05, 0.1) is 13.2 Å². The summed E-state index contributed by atoms with van der Waals surface area (Å²) in [6.45, 7) is 22.5. The van der Waals surface area contributed by atoms with E-state index in [2.05, 4.69) is 67.7 Å². The zero-order chi connectivity index (χ0) is 34.5. The second-order valence-electron chi connectivity index (χ2n) is 14.6. The maximum absolute atomic E-state index is 13.3. The van der Waals surface area contributed by atoms with Gasteiger partial charge in [-0.15, -0.1) is 0 Å². The number of aryl methyl sites for hydroxylation is 1. The summed E-state index contributed by atoms with van der Waals surface area (Å²) in [5, 5.41) is -1.48. The Bertz CT molecular complexity index is 1460. The van der Waals surface area contributed by atoms with Crippen LogP contribution >= 0.6 is 0 Å². The Morgan fingerprint density at radius 2 is 1.36 bits per heavy atom. The number of hydrogen-bond donors (Lipinski definition) is 1. The normalized spacial score (nSPS) is 15.1.